The highest BCUT2D eigenvalue weighted by atomic mass is 28.3. The van der Waals surface area contributed by atoms with Crippen molar-refractivity contribution in [3.63, 3.8) is 0 Å². The smallest absolute Gasteiger partial charge is 0.419 e. The third-order valence-corrected chi connectivity index (χ3v) is 8.69. The molecule has 0 bridgehead atoms. The Morgan fingerprint density at radius 1 is 0.816 bits per heavy atom. The summed E-state index contributed by atoms with van der Waals surface area (Å²) < 4.78 is 14.1. The molecule has 0 saturated carbocycles. The summed E-state index contributed by atoms with van der Waals surface area (Å²) in [5.41, 5.74) is 0.778. The van der Waals surface area contributed by atoms with Crippen LogP contribution in [0.1, 0.15) is 63.2 Å². The van der Waals surface area contributed by atoms with Crippen LogP contribution < -0.4 is 10.4 Å². The van der Waals surface area contributed by atoms with Gasteiger partial charge in [0.15, 0.2) is 0 Å². The van der Waals surface area contributed by atoms with Crippen LogP contribution in [0.15, 0.2) is 78.9 Å². The number of aromatic nitrogens is 1. The first-order valence-electron chi connectivity index (χ1n) is 12.7. The number of rotatable bonds is 6. The maximum absolute atomic E-state index is 13.6. The number of carbonyl (C=O) groups excluding carboxylic acids is 1. The number of fused-ring (bicyclic) bond motifs is 1. The lowest BCUT2D eigenvalue weighted by Gasteiger charge is -2.26. The second kappa shape index (κ2) is 10.6. The van der Waals surface area contributed by atoms with Crippen molar-refractivity contribution in [3.05, 3.63) is 95.7 Å². The van der Waals surface area contributed by atoms with Gasteiger partial charge >= 0.3 is 12.1 Å². The molecule has 7 heteroatoms. The molecule has 0 atom stereocenters. The van der Waals surface area contributed by atoms with E-state index in [1.165, 1.54) is 4.57 Å². The highest BCUT2D eigenvalue weighted by Crippen LogP contribution is 2.37. The lowest BCUT2D eigenvalue weighted by atomic mass is 9.88. The van der Waals surface area contributed by atoms with Crippen molar-refractivity contribution in [1.29, 1.82) is 0 Å². The van der Waals surface area contributed by atoms with Gasteiger partial charge in [-0.1, -0.05) is 87.5 Å². The first kappa shape index (κ1) is 27.4. The van der Waals surface area contributed by atoms with Crippen LogP contribution in [0.3, 0.4) is 0 Å². The number of carboxylic acids is 1. The van der Waals surface area contributed by atoms with E-state index in [1.54, 1.807) is 18.2 Å². The van der Waals surface area contributed by atoms with Crippen molar-refractivity contribution >= 4 is 42.4 Å². The SMILES string of the molecule is CC(C)(C)OC(=O)n1c(C(C)(C)C)c(CO[SiH](c2ccccc2)c2ccccc2)c2c(C(=O)O)cccc21. The summed E-state index contributed by atoms with van der Waals surface area (Å²) in [6.45, 7) is 11.6. The fourth-order valence-electron chi connectivity index (χ4n) is 4.83. The molecule has 198 valence electrons. The number of nitrogens with zero attached hydrogens (tertiary/aromatic N) is 1. The van der Waals surface area contributed by atoms with Crippen LogP contribution in [0.25, 0.3) is 10.9 Å². The third kappa shape index (κ3) is 5.74. The molecule has 4 rings (SSSR count). The Balaban J connectivity index is 1.93. The molecule has 6 nitrogen and oxygen atoms in total. The van der Waals surface area contributed by atoms with Crippen LogP contribution in [0.4, 0.5) is 4.79 Å². The summed E-state index contributed by atoms with van der Waals surface area (Å²) >= 11 is 0. The second-order valence-electron chi connectivity index (χ2n) is 11.4. The van der Waals surface area contributed by atoms with Crippen LogP contribution in [0.5, 0.6) is 0 Å². The van der Waals surface area contributed by atoms with Gasteiger partial charge in [-0.25, -0.2) is 14.2 Å². The number of carboxylic acid groups (broad SMARTS) is 1. The molecule has 1 heterocycles. The number of hydrogen-bond donors (Lipinski definition) is 1. The minimum atomic E-state index is -2.14. The maximum atomic E-state index is 13.6. The lowest BCUT2D eigenvalue weighted by molar-refractivity contribution is 0.0534. The van der Waals surface area contributed by atoms with E-state index in [2.05, 4.69) is 24.3 Å². The Morgan fingerprint density at radius 2 is 1.37 bits per heavy atom. The molecular weight excluding hydrogens is 494 g/mol. The Morgan fingerprint density at radius 3 is 1.84 bits per heavy atom. The minimum Gasteiger partial charge on any atom is -0.478 e. The highest BCUT2D eigenvalue weighted by Gasteiger charge is 2.34. The summed E-state index contributed by atoms with van der Waals surface area (Å²) in [5.74, 6) is -1.06. The van der Waals surface area contributed by atoms with Crippen LogP contribution in [0, 0.1) is 0 Å². The Hall–Kier alpha value is -3.68. The molecule has 0 spiro atoms. The van der Waals surface area contributed by atoms with Gasteiger partial charge in [0.1, 0.15) is 5.60 Å². The van der Waals surface area contributed by atoms with Crippen molar-refractivity contribution < 1.29 is 23.9 Å². The zero-order valence-electron chi connectivity index (χ0n) is 22.8. The van der Waals surface area contributed by atoms with Gasteiger partial charge < -0.3 is 14.3 Å². The van der Waals surface area contributed by atoms with E-state index in [0.717, 1.165) is 10.4 Å². The van der Waals surface area contributed by atoms with Gasteiger partial charge in [-0.05, 0) is 43.3 Å². The average molecular weight is 530 g/mol. The number of hydrogen-bond acceptors (Lipinski definition) is 4. The third-order valence-electron chi connectivity index (χ3n) is 6.21. The summed E-state index contributed by atoms with van der Waals surface area (Å²) in [7, 11) is -2.14. The summed E-state index contributed by atoms with van der Waals surface area (Å²) in [6, 6.07) is 25.2. The molecule has 0 aliphatic heterocycles. The van der Waals surface area contributed by atoms with Crippen molar-refractivity contribution in [3.8, 4) is 0 Å². The van der Waals surface area contributed by atoms with Gasteiger partial charge in [0.2, 0.25) is 9.04 Å². The number of carbonyl (C=O) groups is 2. The van der Waals surface area contributed by atoms with Crippen molar-refractivity contribution in [2.75, 3.05) is 0 Å². The Kier molecular flexibility index (Phi) is 7.62. The zero-order valence-corrected chi connectivity index (χ0v) is 24.0. The maximum Gasteiger partial charge on any atom is 0.419 e. The van der Waals surface area contributed by atoms with E-state index in [1.807, 2.05) is 77.9 Å². The van der Waals surface area contributed by atoms with Gasteiger partial charge in [0.05, 0.1) is 17.7 Å². The van der Waals surface area contributed by atoms with E-state index in [0.29, 0.717) is 22.2 Å². The molecule has 0 saturated heterocycles. The van der Waals surface area contributed by atoms with E-state index in [4.69, 9.17) is 9.16 Å². The topological polar surface area (TPSA) is 77.8 Å². The molecule has 3 aromatic carbocycles. The number of benzene rings is 3. The van der Waals surface area contributed by atoms with E-state index in [-0.39, 0.29) is 12.2 Å². The molecule has 0 fully saturated rings. The normalized spacial score (nSPS) is 12.2. The molecular formula is C31H35NO5Si. The van der Waals surface area contributed by atoms with Crippen molar-refractivity contribution in [2.45, 2.75) is 59.2 Å². The molecule has 0 aliphatic carbocycles. The molecule has 1 N–H and O–H groups in total. The average Bonchev–Trinajstić information content (AvgIpc) is 3.20. The standard InChI is InChI=1S/C31H35NO5Si/c1-30(2,3)27-24(20-36-38(21-14-9-7-10-15-21)22-16-11-8-12-17-22)26-23(28(33)34)18-13-19-25(26)32(27)29(35)37-31(4,5)6/h7-19,38H,20H2,1-6H3,(H,33,34). The monoisotopic (exact) mass is 529 g/mol. The first-order chi connectivity index (χ1) is 17.9. The lowest BCUT2D eigenvalue weighted by Crippen LogP contribution is -2.44. The Labute approximate surface area is 225 Å². The van der Waals surface area contributed by atoms with Crippen LogP contribution in [-0.4, -0.2) is 36.4 Å². The molecule has 1 aromatic heterocycles. The first-order valence-corrected chi connectivity index (χ1v) is 14.4. The molecule has 4 aromatic rings. The van der Waals surface area contributed by atoms with E-state index >= 15 is 0 Å². The molecule has 0 aliphatic rings. The van der Waals surface area contributed by atoms with Gasteiger partial charge in [-0.2, -0.15) is 0 Å². The predicted molar refractivity (Wildman–Crippen MR) is 153 cm³/mol. The summed E-state index contributed by atoms with van der Waals surface area (Å²) in [5, 5.41) is 12.8. The second-order valence-corrected chi connectivity index (χ2v) is 13.8. The van der Waals surface area contributed by atoms with Crippen molar-refractivity contribution in [1.82, 2.24) is 4.57 Å². The number of ether oxygens (including phenoxy) is 1. The van der Waals surface area contributed by atoms with Crippen LogP contribution >= 0.6 is 0 Å². The molecule has 0 amide bonds. The fraction of sp³-hybridized carbons (Fsp3) is 0.290. The zero-order chi connectivity index (χ0) is 27.7. The molecule has 0 unspecified atom stereocenters. The van der Waals surface area contributed by atoms with Crippen LogP contribution in [0.2, 0.25) is 0 Å². The van der Waals surface area contributed by atoms with E-state index in [9.17, 15) is 14.7 Å². The van der Waals surface area contributed by atoms with Crippen molar-refractivity contribution in [2.24, 2.45) is 0 Å². The van der Waals surface area contributed by atoms with Gasteiger partial charge in [-0.3, -0.25) is 0 Å². The van der Waals surface area contributed by atoms with Gasteiger partial charge in [0, 0.05) is 22.1 Å². The Bertz CT molecular complexity index is 1410. The fourth-order valence-corrected chi connectivity index (χ4v) is 7.08. The highest BCUT2D eigenvalue weighted by molar-refractivity contribution is 6.80. The summed E-state index contributed by atoms with van der Waals surface area (Å²) in [4.78, 5) is 25.9. The van der Waals surface area contributed by atoms with Gasteiger partial charge in [0.25, 0.3) is 0 Å². The quantitative estimate of drug-likeness (QED) is 0.335. The molecule has 0 radical (unpaired) electrons. The largest absolute Gasteiger partial charge is 0.478 e. The minimum absolute atomic E-state index is 0.131. The van der Waals surface area contributed by atoms with E-state index < -0.39 is 32.1 Å². The summed E-state index contributed by atoms with van der Waals surface area (Å²) in [6.07, 6.45) is -0.541. The molecule has 38 heavy (non-hydrogen) atoms. The van der Waals surface area contributed by atoms with Crippen LogP contribution in [-0.2, 0) is 21.2 Å². The van der Waals surface area contributed by atoms with Gasteiger partial charge in [-0.15, -0.1) is 0 Å². The predicted octanol–water partition coefficient (Wildman–Crippen LogP) is 5.48. The number of aromatic carboxylic acids is 1.